The number of carbonyl (C=O) groups is 1. The minimum atomic E-state index is -0.0578. The normalized spacial score (nSPS) is 21.0. The Hall–Kier alpha value is -2.67. The van der Waals surface area contributed by atoms with Crippen LogP contribution in [0, 0.1) is 0 Å². The Labute approximate surface area is 161 Å². The number of nitrogens with zero attached hydrogens (tertiary/aromatic N) is 5. The number of fused-ring (bicyclic) bond motifs is 2. The van der Waals surface area contributed by atoms with Crippen LogP contribution in [0.25, 0.3) is 0 Å². The van der Waals surface area contributed by atoms with Gasteiger partial charge in [0, 0.05) is 31.5 Å². The summed E-state index contributed by atoms with van der Waals surface area (Å²) in [5, 5.41) is 16.0. The van der Waals surface area contributed by atoms with Crippen LogP contribution in [0.5, 0.6) is 0 Å². The van der Waals surface area contributed by atoms with E-state index in [1.54, 1.807) is 10.9 Å². The highest BCUT2D eigenvalue weighted by Crippen LogP contribution is 2.40. The minimum Gasteiger partial charge on any atom is -0.330 e. The summed E-state index contributed by atoms with van der Waals surface area (Å²) in [6.07, 6.45) is 4.20. The highest BCUT2D eigenvalue weighted by Gasteiger charge is 2.40. The minimum absolute atomic E-state index is 0.0578. The summed E-state index contributed by atoms with van der Waals surface area (Å²) in [6.45, 7) is 0.632. The predicted octanol–water partition coefficient (Wildman–Crippen LogP) is 2.66. The molecule has 7 nitrogen and oxygen atoms in total. The van der Waals surface area contributed by atoms with Crippen molar-refractivity contribution >= 4 is 17.5 Å². The Kier molecular flexibility index (Phi) is 3.79. The standard InChI is InChI=1S/C19H19ClN6O/c1-25-17(14(20)9-21-25)8-16-12-4-2-3-5-13(12)19(27)26(16)10-11-6-7-15-18(11)23-24-22-15/h2-5,9,11,16H,6-8,10H2,1H3,(H,22,23,24). The maximum absolute atomic E-state index is 13.2. The number of nitrogens with one attached hydrogen (secondary N) is 1. The fraction of sp³-hybridized carbons (Fsp3) is 0.368. The molecule has 1 aliphatic heterocycles. The number of benzene rings is 1. The van der Waals surface area contributed by atoms with Crippen molar-refractivity contribution in [2.45, 2.75) is 31.2 Å². The number of H-pyrrole nitrogens is 1. The Balaban J connectivity index is 1.50. The van der Waals surface area contributed by atoms with E-state index in [0.29, 0.717) is 18.0 Å². The number of halogens is 1. The van der Waals surface area contributed by atoms with E-state index in [4.69, 9.17) is 11.6 Å². The summed E-state index contributed by atoms with van der Waals surface area (Å²) in [4.78, 5) is 15.1. The lowest BCUT2D eigenvalue weighted by molar-refractivity contribution is 0.0709. The first-order valence-corrected chi connectivity index (χ1v) is 9.47. The van der Waals surface area contributed by atoms with Crippen LogP contribution in [-0.2, 0) is 19.9 Å². The molecule has 1 amide bonds. The van der Waals surface area contributed by atoms with Crippen LogP contribution in [0.15, 0.2) is 30.5 Å². The first-order chi connectivity index (χ1) is 13.1. The molecule has 2 unspecified atom stereocenters. The first-order valence-electron chi connectivity index (χ1n) is 9.09. The van der Waals surface area contributed by atoms with E-state index in [0.717, 1.165) is 41.1 Å². The molecule has 0 spiro atoms. The summed E-state index contributed by atoms with van der Waals surface area (Å²) in [6, 6.07) is 7.79. The molecular formula is C19H19ClN6O. The lowest BCUT2D eigenvalue weighted by atomic mass is 9.99. The van der Waals surface area contributed by atoms with Gasteiger partial charge in [0.25, 0.3) is 5.91 Å². The molecule has 1 aliphatic carbocycles. The van der Waals surface area contributed by atoms with Gasteiger partial charge in [-0.2, -0.15) is 5.10 Å². The number of aryl methyl sites for hydroxylation is 2. The summed E-state index contributed by atoms with van der Waals surface area (Å²) >= 11 is 6.35. The zero-order valence-electron chi connectivity index (χ0n) is 14.9. The number of aromatic amines is 1. The van der Waals surface area contributed by atoms with Crippen LogP contribution in [0.4, 0.5) is 0 Å². The quantitative estimate of drug-likeness (QED) is 0.752. The molecule has 0 radical (unpaired) electrons. The topological polar surface area (TPSA) is 79.7 Å². The van der Waals surface area contributed by atoms with Crippen LogP contribution in [0.2, 0.25) is 5.02 Å². The van der Waals surface area contributed by atoms with Gasteiger partial charge in [-0.25, -0.2) is 0 Å². The van der Waals surface area contributed by atoms with E-state index >= 15 is 0 Å². The lowest BCUT2D eigenvalue weighted by Crippen LogP contribution is -2.33. The Morgan fingerprint density at radius 2 is 2.19 bits per heavy atom. The maximum atomic E-state index is 13.2. The van der Waals surface area contributed by atoms with E-state index in [-0.39, 0.29) is 17.9 Å². The highest BCUT2D eigenvalue weighted by atomic mass is 35.5. The number of hydrogen-bond donors (Lipinski definition) is 1. The molecule has 27 heavy (non-hydrogen) atoms. The van der Waals surface area contributed by atoms with Crippen molar-refractivity contribution in [2.24, 2.45) is 7.05 Å². The summed E-state index contributed by atoms with van der Waals surface area (Å²) in [5.74, 6) is 0.285. The second-order valence-corrected chi connectivity index (χ2v) is 7.65. The van der Waals surface area contributed by atoms with Crippen molar-refractivity contribution in [3.63, 3.8) is 0 Å². The van der Waals surface area contributed by atoms with E-state index in [1.807, 2.05) is 36.2 Å². The number of amides is 1. The molecule has 2 aromatic heterocycles. The Morgan fingerprint density at radius 3 is 3.00 bits per heavy atom. The van der Waals surface area contributed by atoms with Crippen LogP contribution in [-0.4, -0.2) is 42.5 Å². The van der Waals surface area contributed by atoms with Crippen molar-refractivity contribution in [1.82, 2.24) is 30.1 Å². The van der Waals surface area contributed by atoms with Gasteiger partial charge in [0.1, 0.15) is 0 Å². The number of hydrogen-bond acceptors (Lipinski definition) is 4. The summed E-state index contributed by atoms with van der Waals surface area (Å²) < 4.78 is 1.79. The van der Waals surface area contributed by atoms with Crippen molar-refractivity contribution in [3.05, 3.63) is 63.7 Å². The Morgan fingerprint density at radius 1 is 1.33 bits per heavy atom. The fourth-order valence-electron chi connectivity index (χ4n) is 4.36. The third-order valence-electron chi connectivity index (χ3n) is 5.78. The zero-order chi connectivity index (χ0) is 18.5. The summed E-state index contributed by atoms with van der Waals surface area (Å²) in [5.41, 5.74) is 4.86. The number of rotatable bonds is 4. The van der Waals surface area contributed by atoms with Crippen molar-refractivity contribution in [1.29, 1.82) is 0 Å². The molecule has 0 fully saturated rings. The molecule has 0 saturated carbocycles. The smallest absolute Gasteiger partial charge is 0.254 e. The molecule has 8 heteroatoms. The van der Waals surface area contributed by atoms with Gasteiger partial charge >= 0.3 is 0 Å². The van der Waals surface area contributed by atoms with Crippen LogP contribution < -0.4 is 0 Å². The molecular weight excluding hydrogens is 364 g/mol. The molecule has 2 aliphatic rings. The Bertz CT molecular complexity index is 1010. The van der Waals surface area contributed by atoms with Gasteiger partial charge in [0.2, 0.25) is 0 Å². The summed E-state index contributed by atoms with van der Waals surface area (Å²) in [7, 11) is 1.88. The maximum Gasteiger partial charge on any atom is 0.254 e. The molecule has 3 heterocycles. The molecule has 1 aromatic carbocycles. The van der Waals surface area contributed by atoms with Gasteiger partial charge in [-0.05, 0) is 24.5 Å². The molecule has 5 rings (SSSR count). The third kappa shape index (κ3) is 2.56. The third-order valence-corrected chi connectivity index (χ3v) is 6.10. The first kappa shape index (κ1) is 16.5. The van der Waals surface area contributed by atoms with Gasteiger partial charge in [-0.1, -0.05) is 35.0 Å². The average Bonchev–Trinajstić information content (AvgIpc) is 3.40. The van der Waals surface area contributed by atoms with E-state index in [1.165, 1.54) is 0 Å². The molecule has 1 N–H and O–H groups in total. The lowest BCUT2D eigenvalue weighted by Gasteiger charge is -2.28. The van der Waals surface area contributed by atoms with Gasteiger partial charge in [-0.15, -0.1) is 5.10 Å². The molecule has 0 bridgehead atoms. The number of carbonyl (C=O) groups excluding carboxylic acids is 1. The van der Waals surface area contributed by atoms with Crippen LogP contribution in [0.1, 0.15) is 51.4 Å². The van der Waals surface area contributed by atoms with Crippen LogP contribution >= 0.6 is 11.6 Å². The zero-order valence-corrected chi connectivity index (χ0v) is 15.6. The van der Waals surface area contributed by atoms with E-state index < -0.39 is 0 Å². The number of aromatic nitrogens is 5. The van der Waals surface area contributed by atoms with Gasteiger partial charge in [0.05, 0.1) is 34.3 Å². The fourth-order valence-corrected chi connectivity index (χ4v) is 4.61. The van der Waals surface area contributed by atoms with E-state index in [9.17, 15) is 4.79 Å². The monoisotopic (exact) mass is 382 g/mol. The predicted molar refractivity (Wildman–Crippen MR) is 99.6 cm³/mol. The molecule has 138 valence electrons. The van der Waals surface area contributed by atoms with Crippen molar-refractivity contribution < 1.29 is 4.79 Å². The molecule has 3 aromatic rings. The van der Waals surface area contributed by atoms with Crippen LogP contribution in [0.3, 0.4) is 0 Å². The van der Waals surface area contributed by atoms with Gasteiger partial charge < -0.3 is 4.90 Å². The molecule has 0 saturated heterocycles. The van der Waals surface area contributed by atoms with E-state index in [2.05, 4.69) is 20.5 Å². The molecule has 2 atom stereocenters. The van der Waals surface area contributed by atoms with Gasteiger partial charge in [0.15, 0.2) is 0 Å². The van der Waals surface area contributed by atoms with Crippen molar-refractivity contribution in [3.8, 4) is 0 Å². The highest BCUT2D eigenvalue weighted by molar-refractivity contribution is 6.31. The SMILES string of the molecule is Cn1ncc(Cl)c1CC1c2ccccc2C(=O)N1CC1CCc2[nH]nnc21. The second-order valence-electron chi connectivity index (χ2n) is 7.24. The van der Waals surface area contributed by atoms with Gasteiger partial charge in [-0.3, -0.25) is 14.6 Å². The second kappa shape index (κ2) is 6.20. The largest absolute Gasteiger partial charge is 0.330 e. The average molecular weight is 383 g/mol. The van der Waals surface area contributed by atoms with Crippen molar-refractivity contribution in [2.75, 3.05) is 6.54 Å².